The molecule has 1 aliphatic rings. The van der Waals surface area contributed by atoms with Gasteiger partial charge in [0.15, 0.2) is 0 Å². The van der Waals surface area contributed by atoms with Crippen molar-refractivity contribution in [1.29, 1.82) is 0 Å². The first kappa shape index (κ1) is 20.6. The van der Waals surface area contributed by atoms with E-state index in [0.29, 0.717) is 23.6 Å². The van der Waals surface area contributed by atoms with E-state index in [9.17, 15) is 8.42 Å². The average Bonchev–Trinajstić information content (AvgIpc) is 2.75. The van der Waals surface area contributed by atoms with Gasteiger partial charge in [0.25, 0.3) is 15.9 Å². The van der Waals surface area contributed by atoms with E-state index in [1.54, 1.807) is 30.3 Å². The molecule has 0 aliphatic heterocycles. The Kier molecular flexibility index (Phi) is 6.18. The van der Waals surface area contributed by atoms with Crippen molar-refractivity contribution >= 4 is 26.9 Å². The van der Waals surface area contributed by atoms with E-state index in [4.69, 9.17) is 4.74 Å². The van der Waals surface area contributed by atoms with Crippen molar-refractivity contribution < 1.29 is 13.2 Å². The van der Waals surface area contributed by atoms with E-state index < -0.39 is 10.0 Å². The molecule has 30 heavy (non-hydrogen) atoms. The quantitative estimate of drug-likeness (QED) is 0.570. The summed E-state index contributed by atoms with van der Waals surface area (Å²) in [4.78, 5) is 9.21. The van der Waals surface area contributed by atoms with Gasteiger partial charge in [-0.3, -0.25) is 4.72 Å². The van der Waals surface area contributed by atoms with Gasteiger partial charge < -0.3 is 4.74 Å². The second-order valence-corrected chi connectivity index (χ2v) is 9.61. The monoisotopic (exact) mass is 425 g/mol. The zero-order valence-electron chi connectivity index (χ0n) is 17.2. The SMILES string of the molecule is Cc1ccc(S(=O)(=O)Nc2nc3ccccc3nc2OCCC2CCCCC2)cc1. The molecule has 7 heteroatoms. The maximum absolute atomic E-state index is 12.9. The number of anilines is 1. The maximum atomic E-state index is 12.9. The second kappa shape index (κ2) is 9.00. The molecular formula is C23H27N3O3S. The molecular weight excluding hydrogens is 398 g/mol. The summed E-state index contributed by atoms with van der Waals surface area (Å²) in [5, 5.41) is 0. The fourth-order valence-corrected chi connectivity index (χ4v) is 4.85. The maximum Gasteiger partial charge on any atom is 0.263 e. The highest BCUT2D eigenvalue weighted by molar-refractivity contribution is 7.92. The Hall–Kier alpha value is -2.67. The van der Waals surface area contributed by atoms with Crippen LogP contribution >= 0.6 is 0 Å². The van der Waals surface area contributed by atoms with E-state index in [-0.39, 0.29) is 16.6 Å². The van der Waals surface area contributed by atoms with E-state index in [1.807, 2.05) is 25.1 Å². The van der Waals surface area contributed by atoms with Crippen LogP contribution in [0.3, 0.4) is 0 Å². The fourth-order valence-electron chi connectivity index (χ4n) is 3.85. The van der Waals surface area contributed by atoms with Crippen LogP contribution in [0.4, 0.5) is 5.82 Å². The lowest BCUT2D eigenvalue weighted by Crippen LogP contribution is -2.17. The summed E-state index contributed by atoms with van der Waals surface area (Å²) in [5.74, 6) is 1.01. The Morgan fingerprint density at radius 1 is 0.967 bits per heavy atom. The molecule has 158 valence electrons. The molecule has 1 N–H and O–H groups in total. The zero-order chi connectivity index (χ0) is 21.0. The van der Waals surface area contributed by atoms with E-state index in [1.165, 1.54) is 32.1 Å². The number of aromatic nitrogens is 2. The molecule has 0 unspecified atom stereocenters. The number of nitrogens with one attached hydrogen (secondary N) is 1. The van der Waals surface area contributed by atoms with Gasteiger partial charge in [0.2, 0.25) is 5.82 Å². The minimum atomic E-state index is -3.80. The van der Waals surface area contributed by atoms with Crippen LogP contribution in [-0.4, -0.2) is 25.0 Å². The Morgan fingerprint density at radius 3 is 2.33 bits per heavy atom. The number of hydrogen-bond donors (Lipinski definition) is 1. The molecule has 0 bridgehead atoms. The predicted octanol–water partition coefficient (Wildman–Crippen LogP) is 5.09. The summed E-state index contributed by atoms with van der Waals surface area (Å²) in [6.45, 7) is 2.41. The van der Waals surface area contributed by atoms with Gasteiger partial charge >= 0.3 is 0 Å². The van der Waals surface area contributed by atoms with Crippen LogP contribution in [-0.2, 0) is 10.0 Å². The van der Waals surface area contributed by atoms with Gasteiger partial charge in [-0.2, -0.15) is 0 Å². The zero-order valence-corrected chi connectivity index (χ0v) is 18.0. The van der Waals surface area contributed by atoms with Gasteiger partial charge in [0.05, 0.1) is 22.5 Å². The number of rotatable bonds is 7. The Labute approximate surface area is 177 Å². The molecule has 3 aromatic rings. The molecule has 1 saturated carbocycles. The van der Waals surface area contributed by atoms with Crippen molar-refractivity contribution in [3.8, 4) is 5.88 Å². The topological polar surface area (TPSA) is 81.2 Å². The molecule has 1 heterocycles. The van der Waals surface area contributed by atoms with Gasteiger partial charge in [-0.15, -0.1) is 0 Å². The lowest BCUT2D eigenvalue weighted by Gasteiger charge is -2.21. The summed E-state index contributed by atoms with van der Waals surface area (Å²) < 4.78 is 34.3. The third-order valence-electron chi connectivity index (χ3n) is 5.59. The first-order valence-electron chi connectivity index (χ1n) is 10.5. The molecule has 6 nitrogen and oxygen atoms in total. The number of ether oxygens (including phenoxy) is 1. The molecule has 1 aromatic heterocycles. The molecule has 4 rings (SSSR count). The molecule has 0 saturated heterocycles. The summed E-state index contributed by atoms with van der Waals surface area (Å²) >= 11 is 0. The lowest BCUT2D eigenvalue weighted by molar-refractivity contribution is 0.241. The fraction of sp³-hybridized carbons (Fsp3) is 0.391. The van der Waals surface area contributed by atoms with Crippen LogP contribution in [0, 0.1) is 12.8 Å². The summed E-state index contributed by atoms with van der Waals surface area (Å²) in [6, 6.07) is 14.1. The van der Waals surface area contributed by atoms with E-state index in [0.717, 1.165) is 12.0 Å². The number of para-hydroxylation sites is 2. The highest BCUT2D eigenvalue weighted by atomic mass is 32.2. The van der Waals surface area contributed by atoms with Crippen molar-refractivity contribution in [1.82, 2.24) is 9.97 Å². The normalized spacial score (nSPS) is 15.2. The van der Waals surface area contributed by atoms with Crippen molar-refractivity contribution in [2.45, 2.75) is 50.3 Å². The van der Waals surface area contributed by atoms with Gasteiger partial charge in [-0.1, -0.05) is 61.9 Å². The second-order valence-electron chi connectivity index (χ2n) is 7.93. The summed E-state index contributed by atoms with van der Waals surface area (Å²) in [7, 11) is -3.80. The van der Waals surface area contributed by atoms with Gasteiger partial charge in [-0.25, -0.2) is 18.4 Å². The number of hydrogen-bond acceptors (Lipinski definition) is 5. The van der Waals surface area contributed by atoms with Crippen LogP contribution in [0.15, 0.2) is 53.4 Å². The molecule has 0 atom stereocenters. The molecule has 2 aromatic carbocycles. The first-order chi connectivity index (χ1) is 14.5. The van der Waals surface area contributed by atoms with Gasteiger partial charge in [0, 0.05) is 0 Å². The molecule has 0 radical (unpaired) electrons. The lowest BCUT2D eigenvalue weighted by atomic mass is 9.87. The predicted molar refractivity (Wildman–Crippen MR) is 118 cm³/mol. The molecule has 0 spiro atoms. The smallest absolute Gasteiger partial charge is 0.263 e. The van der Waals surface area contributed by atoms with Crippen LogP contribution in [0.25, 0.3) is 11.0 Å². The molecule has 1 aliphatic carbocycles. The standard InChI is InChI=1S/C23H27N3O3S/c1-17-11-13-19(14-12-17)30(27,28)26-22-23(25-21-10-6-5-9-20(21)24-22)29-16-15-18-7-3-2-4-8-18/h5-6,9-14,18H,2-4,7-8,15-16H2,1H3,(H,24,26). The number of sulfonamides is 1. The Bertz CT molecular complexity index is 1110. The number of aryl methyl sites for hydroxylation is 1. The number of nitrogens with zero attached hydrogens (tertiary/aromatic N) is 2. The van der Waals surface area contributed by atoms with Gasteiger partial charge in [-0.05, 0) is 43.5 Å². The summed E-state index contributed by atoms with van der Waals surface area (Å²) in [6.07, 6.45) is 7.29. The average molecular weight is 426 g/mol. The Balaban J connectivity index is 1.58. The number of benzene rings is 2. The summed E-state index contributed by atoms with van der Waals surface area (Å²) in [5.41, 5.74) is 2.27. The first-order valence-corrected chi connectivity index (χ1v) is 12.0. The Morgan fingerprint density at radius 2 is 1.63 bits per heavy atom. The van der Waals surface area contributed by atoms with Crippen LogP contribution < -0.4 is 9.46 Å². The van der Waals surface area contributed by atoms with Crippen LogP contribution in [0.1, 0.15) is 44.1 Å². The highest BCUT2D eigenvalue weighted by Crippen LogP contribution is 2.29. The van der Waals surface area contributed by atoms with Crippen molar-refractivity contribution in [2.24, 2.45) is 5.92 Å². The van der Waals surface area contributed by atoms with Crippen LogP contribution in [0.5, 0.6) is 5.88 Å². The van der Waals surface area contributed by atoms with Gasteiger partial charge in [0.1, 0.15) is 0 Å². The largest absolute Gasteiger partial charge is 0.475 e. The minimum Gasteiger partial charge on any atom is -0.475 e. The number of fused-ring (bicyclic) bond motifs is 1. The van der Waals surface area contributed by atoms with E-state index >= 15 is 0 Å². The van der Waals surface area contributed by atoms with Crippen molar-refractivity contribution in [3.05, 3.63) is 54.1 Å². The third-order valence-corrected chi connectivity index (χ3v) is 6.95. The van der Waals surface area contributed by atoms with Crippen molar-refractivity contribution in [3.63, 3.8) is 0 Å². The van der Waals surface area contributed by atoms with Crippen LogP contribution in [0.2, 0.25) is 0 Å². The molecule has 1 fully saturated rings. The van der Waals surface area contributed by atoms with E-state index in [2.05, 4.69) is 14.7 Å². The van der Waals surface area contributed by atoms with Crippen molar-refractivity contribution in [2.75, 3.05) is 11.3 Å². The minimum absolute atomic E-state index is 0.123. The highest BCUT2D eigenvalue weighted by Gasteiger charge is 2.20. The third kappa shape index (κ3) is 4.90. The molecule has 0 amide bonds.